The number of hydrogen-bond acceptors (Lipinski definition) is 6. The number of carbonyl (C=O) groups excluding carboxylic acids is 1. The van der Waals surface area contributed by atoms with Crippen molar-refractivity contribution < 1.29 is 9.53 Å². The Kier molecular flexibility index (Phi) is 4.84. The van der Waals surface area contributed by atoms with Crippen LogP contribution in [0, 0.1) is 6.92 Å². The van der Waals surface area contributed by atoms with Crippen molar-refractivity contribution in [2.45, 2.75) is 18.2 Å². The van der Waals surface area contributed by atoms with E-state index in [1.165, 1.54) is 17.8 Å². The maximum atomic E-state index is 12.1. The highest BCUT2D eigenvalue weighted by molar-refractivity contribution is 7.99. The average Bonchev–Trinajstić information content (AvgIpc) is 2.54. The molecule has 0 spiro atoms. The predicted molar refractivity (Wildman–Crippen MR) is 90.2 cm³/mol. The Labute approximate surface area is 143 Å². The number of hydrogen-bond donors (Lipinski definition) is 0. The Morgan fingerprint density at radius 1 is 1.33 bits per heavy atom. The van der Waals surface area contributed by atoms with Crippen molar-refractivity contribution >= 4 is 17.7 Å². The van der Waals surface area contributed by atoms with Gasteiger partial charge in [-0.25, -0.2) is 9.97 Å². The van der Waals surface area contributed by atoms with E-state index in [-0.39, 0.29) is 17.6 Å². The largest absolute Gasteiger partial charge is 0.486 e. The second-order valence-electron chi connectivity index (χ2n) is 5.59. The molecule has 2 aromatic rings. The zero-order valence-corrected chi connectivity index (χ0v) is 14.3. The lowest BCUT2D eigenvalue weighted by Crippen LogP contribution is -2.56. The van der Waals surface area contributed by atoms with Crippen LogP contribution >= 0.6 is 11.8 Å². The molecule has 3 heterocycles. The number of rotatable bonds is 5. The molecule has 1 aliphatic rings. The van der Waals surface area contributed by atoms with Crippen LogP contribution in [0.2, 0.25) is 0 Å². The molecule has 0 aromatic carbocycles. The van der Waals surface area contributed by atoms with Gasteiger partial charge in [0.05, 0.1) is 18.8 Å². The van der Waals surface area contributed by atoms with Crippen molar-refractivity contribution in [1.29, 1.82) is 0 Å². The molecular formula is C16H18N4O3S. The van der Waals surface area contributed by atoms with E-state index >= 15 is 0 Å². The van der Waals surface area contributed by atoms with E-state index in [2.05, 4.69) is 9.97 Å². The van der Waals surface area contributed by atoms with Gasteiger partial charge >= 0.3 is 0 Å². The fourth-order valence-electron chi connectivity index (χ4n) is 2.29. The SMILES string of the molecule is Cc1cc(OC2CN(C(=O)CSc3ncccn3)C2)cc(=O)n1C. The van der Waals surface area contributed by atoms with E-state index in [0.29, 0.717) is 29.7 Å². The molecule has 7 nitrogen and oxygen atoms in total. The zero-order valence-electron chi connectivity index (χ0n) is 13.5. The number of likely N-dealkylation sites (tertiary alicyclic amines) is 1. The molecule has 1 aliphatic heterocycles. The minimum absolute atomic E-state index is 0.0347. The topological polar surface area (TPSA) is 77.3 Å². The molecule has 24 heavy (non-hydrogen) atoms. The molecule has 0 aliphatic carbocycles. The molecule has 1 fully saturated rings. The van der Waals surface area contributed by atoms with Gasteiger partial charge in [0.2, 0.25) is 5.91 Å². The number of pyridine rings is 1. The van der Waals surface area contributed by atoms with Crippen molar-refractivity contribution in [1.82, 2.24) is 19.4 Å². The molecule has 8 heteroatoms. The summed E-state index contributed by atoms with van der Waals surface area (Å²) in [6, 6.07) is 5.04. The van der Waals surface area contributed by atoms with Gasteiger partial charge in [-0.2, -0.15) is 0 Å². The smallest absolute Gasteiger partial charge is 0.254 e. The summed E-state index contributed by atoms with van der Waals surface area (Å²) in [5.41, 5.74) is 0.737. The fraction of sp³-hybridized carbons (Fsp3) is 0.375. The van der Waals surface area contributed by atoms with Crippen LogP contribution in [0.25, 0.3) is 0 Å². The van der Waals surface area contributed by atoms with Gasteiger partial charge < -0.3 is 14.2 Å². The molecule has 1 saturated heterocycles. The van der Waals surface area contributed by atoms with Crippen molar-refractivity contribution in [2.24, 2.45) is 7.05 Å². The Bertz CT molecular complexity index is 788. The zero-order chi connectivity index (χ0) is 17.1. The summed E-state index contributed by atoms with van der Waals surface area (Å²) in [7, 11) is 1.72. The number of nitrogens with zero attached hydrogens (tertiary/aromatic N) is 4. The van der Waals surface area contributed by atoms with Crippen LogP contribution in [-0.4, -0.2) is 50.3 Å². The lowest BCUT2D eigenvalue weighted by Gasteiger charge is -2.38. The normalized spacial score (nSPS) is 14.3. The number of amides is 1. The molecule has 126 valence electrons. The third-order valence-corrected chi connectivity index (χ3v) is 4.71. The first-order valence-corrected chi connectivity index (χ1v) is 8.53. The van der Waals surface area contributed by atoms with E-state index in [9.17, 15) is 9.59 Å². The highest BCUT2D eigenvalue weighted by atomic mass is 32.2. The van der Waals surface area contributed by atoms with Crippen molar-refractivity contribution in [3.63, 3.8) is 0 Å². The number of carbonyl (C=O) groups is 1. The minimum Gasteiger partial charge on any atom is -0.486 e. The maximum absolute atomic E-state index is 12.1. The lowest BCUT2D eigenvalue weighted by molar-refractivity contribution is -0.137. The second-order valence-corrected chi connectivity index (χ2v) is 6.53. The Hall–Kier alpha value is -2.35. The van der Waals surface area contributed by atoms with E-state index in [1.54, 1.807) is 35.0 Å². The van der Waals surface area contributed by atoms with Crippen LogP contribution in [-0.2, 0) is 11.8 Å². The molecule has 3 rings (SSSR count). The van der Waals surface area contributed by atoms with Crippen LogP contribution in [0.1, 0.15) is 5.69 Å². The first-order valence-electron chi connectivity index (χ1n) is 7.55. The van der Waals surface area contributed by atoms with E-state index in [0.717, 1.165) is 5.69 Å². The first-order chi connectivity index (χ1) is 11.5. The molecule has 0 atom stereocenters. The Balaban J connectivity index is 1.47. The molecular weight excluding hydrogens is 328 g/mol. The summed E-state index contributed by atoms with van der Waals surface area (Å²) in [6.07, 6.45) is 3.23. The fourth-order valence-corrected chi connectivity index (χ4v) is 3.00. The van der Waals surface area contributed by atoms with Crippen molar-refractivity contribution in [3.05, 3.63) is 46.6 Å². The van der Waals surface area contributed by atoms with Crippen LogP contribution < -0.4 is 10.3 Å². The highest BCUT2D eigenvalue weighted by Gasteiger charge is 2.32. The molecule has 2 aromatic heterocycles. The number of ether oxygens (including phenoxy) is 1. The van der Waals surface area contributed by atoms with Gasteiger partial charge in [0.1, 0.15) is 11.9 Å². The van der Waals surface area contributed by atoms with Gasteiger partial charge in [-0.05, 0) is 19.1 Å². The van der Waals surface area contributed by atoms with Gasteiger partial charge in [-0.3, -0.25) is 9.59 Å². The third kappa shape index (κ3) is 3.76. The van der Waals surface area contributed by atoms with E-state index in [1.807, 2.05) is 13.0 Å². The second kappa shape index (κ2) is 7.04. The van der Waals surface area contributed by atoms with Crippen LogP contribution in [0.4, 0.5) is 0 Å². The standard InChI is InChI=1S/C16H18N4O3S/c1-11-6-12(7-14(21)19(11)2)23-13-8-20(9-13)15(22)10-24-16-17-4-3-5-18-16/h3-7,13H,8-10H2,1-2H3. The van der Waals surface area contributed by atoms with Gasteiger partial charge in [0.15, 0.2) is 5.16 Å². The highest BCUT2D eigenvalue weighted by Crippen LogP contribution is 2.20. The predicted octanol–water partition coefficient (Wildman–Crippen LogP) is 0.866. The summed E-state index contributed by atoms with van der Waals surface area (Å²) >= 11 is 1.32. The summed E-state index contributed by atoms with van der Waals surface area (Å²) in [5.74, 6) is 0.897. The maximum Gasteiger partial charge on any atom is 0.254 e. The lowest BCUT2D eigenvalue weighted by atomic mass is 10.1. The number of aryl methyl sites for hydroxylation is 1. The van der Waals surface area contributed by atoms with Crippen LogP contribution in [0.3, 0.4) is 0 Å². The van der Waals surface area contributed by atoms with Gasteiger partial charge in [0, 0.05) is 31.2 Å². The van der Waals surface area contributed by atoms with E-state index < -0.39 is 0 Å². The molecule has 0 N–H and O–H groups in total. The van der Waals surface area contributed by atoms with Crippen molar-refractivity contribution in [2.75, 3.05) is 18.8 Å². The summed E-state index contributed by atoms with van der Waals surface area (Å²) in [4.78, 5) is 33.7. The third-order valence-electron chi connectivity index (χ3n) is 3.85. The van der Waals surface area contributed by atoms with Gasteiger partial charge in [0.25, 0.3) is 5.56 Å². The van der Waals surface area contributed by atoms with Crippen molar-refractivity contribution in [3.8, 4) is 5.75 Å². The quantitative estimate of drug-likeness (QED) is 0.590. The number of aromatic nitrogens is 3. The summed E-state index contributed by atoms with van der Waals surface area (Å²) < 4.78 is 7.33. The molecule has 1 amide bonds. The van der Waals surface area contributed by atoms with Gasteiger partial charge in [-0.1, -0.05) is 11.8 Å². The summed E-state index contributed by atoms with van der Waals surface area (Å²) in [5, 5.41) is 0.592. The first kappa shape index (κ1) is 16.5. The molecule has 0 unspecified atom stereocenters. The van der Waals surface area contributed by atoms with Gasteiger partial charge in [-0.15, -0.1) is 0 Å². The minimum atomic E-state index is -0.100. The van der Waals surface area contributed by atoms with Crippen LogP contribution in [0.5, 0.6) is 5.75 Å². The Morgan fingerprint density at radius 3 is 2.71 bits per heavy atom. The molecule has 0 radical (unpaired) electrons. The monoisotopic (exact) mass is 346 g/mol. The van der Waals surface area contributed by atoms with Crippen LogP contribution in [0.15, 0.2) is 40.5 Å². The Morgan fingerprint density at radius 2 is 2.04 bits per heavy atom. The van der Waals surface area contributed by atoms with E-state index in [4.69, 9.17) is 4.74 Å². The average molecular weight is 346 g/mol. The summed E-state index contributed by atoms with van der Waals surface area (Å²) in [6.45, 7) is 2.92. The molecule has 0 saturated carbocycles. The number of thioether (sulfide) groups is 1. The molecule has 0 bridgehead atoms.